The Morgan fingerprint density at radius 3 is 2.25 bits per heavy atom. The van der Waals surface area contributed by atoms with Crippen LogP contribution < -0.4 is 14.8 Å². The summed E-state index contributed by atoms with van der Waals surface area (Å²) in [6.45, 7) is 0.0899. The number of carbonyl (C=O) groups is 1. The fraction of sp³-hybridized carbons (Fsp3) is 0.0833. The number of nitrogens with one attached hydrogen (secondary N) is 1. The van der Waals surface area contributed by atoms with Gasteiger partial charge in [0.15, 0.2) is 11.5 Å². The summed E-state index contributed by atoms with van der Waals surface area (Å²) in [4.78, 5) is 22.9. The standard InChI is InChI=1S/C24H15Cl4N3O5/c1-35-22-8-13(5-6-21(22)36-12-16-17(25)3-2-4-18(16)26)7-14(11-29)24(32)30-23-19(27)9-15(31(33)34)10-20(23)28/h2-10H,12H2,1H3,(H,30,32)/b14-7+. The van der Waals surface area contributed by atoms with E-state index >= 15 is 0 Å². The van der Waals surface area contributed by atoms with Gasteiger partial charge in [0.2, 0.25) is 0 Å². The summed E-state index contributed by atoms with van der Waals surface area (Å²) in [5.74, 6) is -0.0908. The number of rotatable bonds is 8. The van der Waals surface area contributed by atoms with Crippen molar-refractivity contribution in [3.63, 3.8) is 0 Å². The van der Waals surface area contributed by atoms with Gasteiger partial charge in [-0.05, 0) is 35.9 Å². The maximum Gasteiger partial charge on any atom is 0.272 e. The Morgan fingerprint density at radius 2 is 1.69 bits per heavy atom. The number of anilines is 1. The smallest absolute Gasteiger partial charge is 0.272 e. The predicted molar refractivity (Wildman–Crippen MR) is 139 cm³/mol. The van der Waals surface area contributed by atoms with Crippen LogP contribution in [0.3, 0.4) is 0 Å². The van der Waals surface area contributed by atoms with Gasteiger partial charge < -0.3 is 14.8 Å². The molecule has 0 heterocycles. The van der Waals surface area contributed by atoms with Crippen LogP contribution in [-0.4, -0.2) is 17.9 Å². The SMILES string of the molecule is COc1cc(/C=C(\C#N)C(=O)Nc2c(Cl)cc([N+](=O)[O-])cc2Cl)ccc1OCc1c(Cl)cccc1Cl. The van der Waals surface area contributed by atoms with Crippen LogP contribution in [0.1, 0.15) is 11.1 Å². The molecule has 0 spiro atoms. The highest BCUT2D eigenvalue weighted by molar-refractivity contribution is 6.40. The molecule has 0 aliphatic heterocycles. The van der Waals surface area contributed by atoms with Gasteiger partial charge in [0, 0.05) is 27.7 Å². The van der Waals surface area contributed by atoms with Crippen molar-refractivity contribution in [2.24, 2.45) is 0 Å². The summed E-state index contributed by atoms with van der Waals surface area (Å²) in [6.07, 6.45) is 1.32. The lowest BCUT2D eigenvalue weighted by Crippen LogP contribution is -2.14. The first-order chi connectivity index (χ1) is 17.1. The number of methoxy groups -OCH3 is 1. The Labute approximate surface area is 225 Å². The van der Waals surface area contributed by atoms with Crippen molar-refractivity contribution in [2.45, 2.75) is 6.61 Å². The lowest BCUT2D eigenvalue weighted by Gasteiger charge is -2.13. The van der Waals surface area contributed by atoms with E-state index in [0.717, 1.165) is 12.1 Å². The van der Waals surface area contributed by atoms with Crippen LogP contribution in [-0.2, 0) is 11.4 Å². The van der Waals surface area contributed by atoms with Gasteiger partial charge in [0.25, 0.3) is 11.6 Å². The molecule has 1 N–H and O–H groups in total. The van der Waals surface area contributed by atoms with E-state index in [2.05, 4.69) is 5.32 Å². The maximum atomic E-state index is 12.7. The van der Waals surface area contributed by atoms with Gasteiger partial charge in [-0.15, -0.1) is 0 Å². The third kappa shape index (κ3) is 6.39. The van der Waals surface area contributed by atoms with E-state index in [1.807, 2.05) is 0 Å². The second-order valence-corrected chi connectivity index (χ2v) is 8.69. The van der Waals surface area contributed by atoms with Crippen LogP contribution in [0, 0.1) is 21.4 Å². The summed E-state index contributed by atoms with van der Waals surface area (Å²) in [5.41, 5.74) is 0.389. The molecular weight excluding hydrogens is 552 g/mol. The molecule has 0 fully saturated rings. The third-order valence-corrected chi connectivity index (χ3v) is 6.08. The van der Waals surface area contributed by atoms with E-state index in [1.54, 1.807) is 42.5 Å². The lowest BCUT2D eigenvalue weighted by atomic mass is 10.1. The first-order valence-corrected chi connectivity index (χ1v) is 11.5. The molecule has 0 radical (unpaired) electrons. The molecule has 3 aromatic rings. The summed E-state index contributed by atoms with van der Waals surface area (Å²) in [5, 5.41) is 23.5. The van der Waals surface area contributed by atoms with E-state index in [9.17, 15) is 20.2 Å². The minimum absolute atomic E-state index is 0.0605. The summed E-state index contributed by atoms with van der Waals surface area (Å²) < 4.78 is 11.2. The number of nitriles is 1. The molecule has 3 aromatic carbocycles. The summed E-state index contributed by atoms with van der Waals surface area (Å²) in [7, 11) is 1.44. The molecule has 0 saturated carbocycles. The highest BCUT2D eigenvalue weighted by atomic mass is 35.5. The summed E-state index contributed by atoms with van der Waals surface area (Å²) >= 11 is 24.4. The van der Waals surface area contributed by atoms with Crippen molar-refractivity contribution >= 4 is 69.8 Å². The van der Waals surface area contributed by atoms with E-state index < -0.39 is 10.8 Å². The Bertz CT molecular complexity index is 1380. The van der Waals surface area contributed by atoms with Gasteiger partial charge in [-0.3, -0.25) is 14.9 Å². The van der Waals surface area contributed by atoms with Crippen LogP contribution in [0.2, 0.25) is 20.1 Å². The average Bonchev–Trinajstić information content (AvgIpc) is 2.84. The molecule has 3 rings (SSSR count). The molecule has 0 aliphatic rings. The van der Waals surface area contributed by atoms with Crippen molar-refractivity contribution in [1.82, 2.24) is 0 Å². The minimum Gasteiger partial charge on any atom is -0.493 e. The van der Waals surface area contributed by atoms with Crippen molar-refractivity contribution in [2.75, 3.05) is 12.4 Å². The number of hydrogen-bond acceptors (Lipinski definition) is 6. The average molecular weight is 567 g/mol. The molecular formula is C24H15Cl4N3O5. The number of nitro benzene ring substituents is 1. The normalized spacial score (nSPS) is 10.9. The third-order valence-electron chi connectivity index (χ3n) is 4.77. The number of hydrogen-bond donors (Lipinski definition) is 1. The second kappa shape index (κ2) is 12.0. The van der Waals surface area contributed by atoms with Crippen LogP contribution >= 0.6 is 46.4 Å². The molecule has 184 valence electrons. The van der Waals surface area contributed by atoms with Crippen LogP contribution in [0.5, 0.6) is 11.5 Å². The Balaban J connectivity index is 1.82. The van der Waals surface area contributed by atoms with E-state index in [4.69, 9.17) is 55.9 Å². The zero-order chi connectivity index (χ0) is 26.4. The first kappa shape index (κ1) is 27.1. The first-order valence-electron chi connectivity index (χ1n) is 9.95. The Kier molecular flexibility index (Phi) is 9.02. The topological polar surface area (TPSA) is 114 Å². The molecule has 0 unspecified atom stereocenters. The molecule has 0 aromatic heterocycles. The number of carbonyl (C=O) groups excluding carboxylic acids is 1. The number of nitrogens with zero attached hydrogens (tertiary/aromatic N) is 2. The van der Waals surface area contributed by atoms with E-state index in [0.29, 0.717) is 32.7 Å². The number of non-ortho nitro benzene ring substituents is 1. The molecule has 36 heavy (non-hydrogen) atoms. The largest absolute Gasteiger partial charge is 0.493 e. The van der Waals surface area contributed by atoms with Gasteiger partial charge in [0.05, 0.1) is 27.8 Å². The quantitative estimate of drug-likeness (QED) is 0.132. The highest BCUT2D eigenvalue weighted by Crippen LogP contribution is 2.35. The van der Waals surface area contributed by atoms with Crippen molar-refractivity contribution in [3.8, 4) is 17.6 Å². The van der Waals surface area contributed by atoms with Crippen LogP contribution in [0.25, 0.3) is 6.08 Å². The van der Waals surface area contributed by atoms with Crippen LogP contribution in [0.15, 0.2) is 54.1 Å². The van der Waals surface area contributed by atoms with E-state index in [-0.39, 0.29) is 33.6 Å². The lowest BCUT2D eigenvalue weighted by molar-refractivity contribution is -0.384. The van der Waals surface area contributed by atoms with Gasteiger partial charge >= 0.3 is 0 Å². The molecule has 0 aliphatic carbocycles. The van der Waals surface area contributed by atoms with E-state index in [1.165, 1.54) is 13.2 Å². The highest BCUT2D eigenvalue weighted by Gasteiger charge is 2.19. The van der Waals surface area contributed by atoms with Crippen molar-refractivity contribution in [3.05, 3.63) is 95.4 Å². The Morgan fingerprint density at radius 1 is 1.06 bits per heavy atom. The molecule has 0 atom stereocenters. The van der Waals surface area contributed by atoms with Crippen molar-refractivity contribution < 1.29 is 19.2 Å². The number of halogens is 4. The van der Waals surface area contributed by atoms with Crippen molar-refractivity contribution in [1.29, 1.82) is 5.26 Å². The number of ether oxygens (including phenoxy) is 2. The number of nitro groups is 1. The van der Waals surface area contributed by atoms with Crippen LogP contribution in [0.4, 0.5) is 11.4 Å². The zero-order valence-electron chi connectivity index (χ0n) is 18.4. The summed E-state index contributed by atoms with van der Waals surface area (Å²) in [6, 6.07) is 13.8. The zero-order valence-corrected chi connectivity index (χ0v) is 21.4. The van der Waals surface area contributed by atoms with Gasteiger partial charge in [0.1, 0.15) is 18.2 Å². The van der Waals surface area contributed by atoms with Gasteiger partial charge in [-0.2, -0.15) is 5.26 Å². The van der Waals surface area contributed by atoms with Gasteiger partial charge in [-0.25, -0.2) is 0 Å². The minimum atomic E-state index is -0.817. The molecule has 8 nitrogen and oxygen atoms in total. The fourth-order valence-electron chi connectivity index (χ4n) is 2.99. The van der Waals surface area contributed by atoms with Gasteiger partial charge in [-0.1, -0.05) is 58.5 Å². The predicted octanol–water partition coefficient (Wildman–Crippen LogP) is 7.34. The fourth-order valence-corrected chi connectivity index (χ4v) is 4.07. The molecule has 0 bridgehead atoms. The number of benzene rings is 3. The molecule has 12 heteroatoms. The monoisotopic (exact) mass is 565 g/mol. The maximum absolute atomic E-state index is 12.7. The Hall–Kier alpha value is -3.48. The number of amides is 1. The molecule has 0 saturated heterocycles. The second-order valence-electron chi connectivity index (χ2n) is 7.06. The molecule has 1 amide bonds.